The summed E-state index contributed by atoms with van der Waals surface area (Å²) in [6.45, 7) is 0.548. The van der Waals surface area contributed by atoms with Crippen molar-refractivity contribution in [1.29, 1.82) is 0 Å². The number of benzene rings is 1. The van der Waals surface area contributed by atoms with Crippen molar-refractivity contribution >= 4 is 5.69 Å². The molecule has 0 saturated carbocycles. The molecule has 2 heterocycles. The number of nitrogens with zero attached hydrogens (tertiary/aromatic N) is 4. The van der Waals surface area contributed by atoms with Gasteiger partial charge in [-0.1, -0.05) is 0 Å². The summed E-state index contributed by atoms with van der Waals surface area (Å²) in [5, 5.41) is 8.35. The quantitative estimate of drug-likeness (QED) is 0.668. The smallest absolute Gasteiger partial charge is 0.181 e. The largest absolute Gasteiger partial charge is 0.444 e. The molecule has 0 atom stereocenters. The first-order chi connectivity index (χ1) is 9.92. The third-order valence-corrected chi connectivity index (χ3v) is 2.77. The van der Waals surface area contributed by atoms with Crippen LogP contribution in [0.5, 0.6) is 0 Å². The molecule has 0 spiro atoms. The van der Waals surface area contributed by atoms with E-state index in [2.05, 4.69) is 20.2 Å². The van der Waals surface area contributed by atoms with Crippen LogP contribution >= 0.6 is 0 Å². The fourth-order valence-electron chi connectivity index (χ4n) is 1.74. The van der Waals surface area contributed by atoms with Gasteiger partial charge in [-0.3, -0.25) is 4.98 Å². The second kappa shape index (κ2) is 5.88. The monoisotopic (exact) mass is 264 g/mol. The van der Waals surface area contributed by atoms with E-state index in [0.29, 0.717) is 6.54 Å². The van der Waals surface area contributed by atoms with E-state index in [-0.39, 0.29) is 0 Å². The lowest BCUT2D eigenvalue weighted by Gasteiger charge is -1.97. The number of azo groups is 1. The van der Waals surface area contributed by atoms with Crippen LogP contribution in [0.1, 0.15) is 5.56 Å². The maximum absolute atomic E-state index is 5.23. The first-order valence-corrected chi connectivity index (χ1v) is 6.17. The molecule has 2 aromatic heterocycles. The lowest BCUT2D eigenvalue weighted by atomic mass is 10.2. The van der Waals surface area contributed by atoms with E-state index in [1.807, 2.05) is 36.4 Å². The van der Waals surface area contributed by atoms with Gasteiger partial charge >= 0.3 is 0 Å². The highest BCUT2D eigenvalue weighted by Gasteiger charge is 2.00. The molecule has 0 amide bonds. The SMILES string of the molecule is c1cc(CN=Nc2ccc(-c3cnco3)cc2)ccn1. The summed E-state index contributed by atoms with van der Waals surface area (Å²) in [7, 11) is 0. The summed E-state index contributed by atoms with van der Waals surface area (Å²) in [6, 6.07) is 11.5. The number of pyridine rings is 1. The van der Waals surface area contributed by atoms with E-state index in [4.69, 9.17) is 4.42 Å². The van der Waals surface area contributed by atoms with Crippen LogP contribution < -0.4 is 0 Å². The highest BCUT2D eigenvalue weighted by atomic mass is 16.3. The Hall–Kier alpha value is -2.82. The van der Waals surface area contributed by atoms with Gasteiger partial charge in [-0.25, -0.2) is 4.98 Å². The van der Waals surface area contributed by atoms with E-state index in [0.717, 1.165) is 22.6 Å². The third-order valence-electron chi connectivity index (χ3n) is 2.77. The van der Waals surface area contributed by atoms with Crippen LogP contribution in [0, 0.1) is 0 Å². The number of hydrogen-bond donors (Lipinski definition) is 0. The van der Waals surface area contributed by atoms with Crippen LogP contribution in [-0.2, 0) is 6.54 Å². The topological polar surface area (TPSA) is 63.6 Å². The van der Waals surface area contributed by atoms with Crippen molar-refractivity contribution in [2.45, 2.75) is 6.54 Å². The van der Waals surface area contributed by atoms with Crippen molar-refractivity contribution in [2.24, 2.45) is 10.2 Å². The van der Waals surface area contributed by atoms with Crippen LogP contribution in [0.15, 0.2) is 76.0 Å². The van der Waals surface area contributed by atoms with E-state index in [9.17, 15) is 0 Å². The zero-order valence-corrected chi connectivity index (χ0v) is 10.7. The van der Waals surface area contributed by atoms with E-state index >= 15 is 0 Å². The number of hydrogen-bond acceptors (Lipinski definition) is 5. The Morgan fingerprint density at radius 2 is 1.75 bits per heavy atom. The molecule has 0 unspecified atom stereocenters. The van der Waals surface area contributed by atoms with E-state index < -0.39 is 0 Å². The van der Waals surface area contributed by atoms with Gasteiger partial charge in [0.25, 0.3) is 0 Å². The molecule has 20 heavy (non-hydrogen) atoms. The second-order valence-electron chi connectivity index (χ2n) is 4.17. The van der Waals surface area contributed by atoms with Crippen molar-refractivity contribution in [3.8, 4) is 11.3 Å². The Balaban J connectivity index is 1.66. The Labute approximate surface area is 116 Å². The predicted molar refractivity (Wildman–Crippen MR) is 74.4 cm³/mol. The molecule has 1 aromatic carbocycles. The molecule has 0 fully saturated rings. The molecule has 0 N–H and O–H groups in total. The van der Waals surface area contributed by atoms with Crippen molar-refractivity contribution in [1.82, 2.24) is 9.97 Å². The summed E-state index contributed by atoms with van der Waals surface area (Å²) >= 11 is 0. The summed E-state index contributed by atoms with van der Waals surface area (Å²) in [6.07, 6.45) is 6.59. The van der Waals surface area contributed by atoms with Crippen LogP contribution in [-0.4, -0.2) is 9.97 Å². The summed E-state index contributed by atoms with van der Waals surface area (Å²) in [4.78, 5) is 7.85. The molecule has 0 saturated heterocycles. The van der Waals surface area contributed by atoms with E-state index in [1.54, 1.807) is 18.6 Å². The molecule has 0 bridgehead atoms. The molecule has 3 aromatic rings. The van der Waals surface area contributed by atoms with Gasteiger partial charge in [0.15, 0.2) is 12.2 Å². The molecule has 5 heteroatoms. The average molecular weight is 264 g/mol. The minimum Gasteiger partial charge on any atom is -0.444 e. The summed E-state index contributed by atoms with van der Waals surface area (Å²) in [5.74, 6) is 0.741. The van der Waals surface area contributed by atoms with Gasteiger partial charge in [0.2, 0.25) is 0 Å². The van der Waals surface area contributed by atoms with Gasteiger partial charge < -0.3 is 4.42 Å². The normalized spacial score (nSPS) is 11.0. The third kappa shape index (κ3) is 2.95. The highest BCUT2D eigenvalue weighted by molar-refractivity contribution is 5.59. The van der Waals surface area contributed by atoms with Gasteiger partial charge in [-0.05, 0) is 42.0 Å². The van der Waals surface area contributed by atoms with Crippen molar-refractivity contribution < 1.29 is 4.42 Å². The molecule has 0 aliphatic rings. The molecule has 0 aliphatic carbocycles. The Morgan fingerprint density at radius 3 is 2.45 bits per heavy atom. The molecule has 0 radical (unpaired) electrons. The Morgan fingerprint density at radius 1 is 0.950 bits per heavy atom. The van der Waals surface area contributed by atoms with Crippen LogP contribution in [0.4, 0.5) is 5.69 Å². The molecule has 3 rings (SSSR count). The number of oxazole rings is 1. The van der Waals surface area contributed by atoms with E-state index in [1.165, 1.54) is 6.39 Å². The Bertz CT molecular complexity index is 676. The molecule has 5 nitrogen and oxygen atoms in total. The van der Waals surface area contributed by atoms with Gasteiger partial charge in [-0.2, -0.15) is 10.2 Å². The molecule has 98 valence electrons. The number of aromatic nitrogens is 2. The van der Waals surface area contributed by atoms with Gasteiger partial charge in [0.1, 0.15) is 0 Å². The van der Waals surface area contributed by atoms with Gasteiger partial charge in [0.05, 0.1) is 18.4 Å². The van der Waals surface area contributed by atoms with Crippen molar-refractivity contribution in [3.63, 3.8) is 0 Å². The zero-order chi connectivity index (χ0) is 13.6. The Kier molecular flexibility index (Phi) is 3.59. The zero-order valence-electron chi connectivity index (χ0n) is 10.7. The fourth-order valence-corrected chi connectivity index (χ4v) is 1.74. The first-order valence-electron chi connectivity index (χ1n) is 6.17. The maximum Gasteiger partial charge on any atom is 0.181 e. The number of rotatable bonds is 4. The lowest BCUT2D eigenvalue weighted by Crippen LogP contribution is -1.79. The first kappa shape index (κ1) is 12.2. The average Bonchev–Trinajstić information content (AvgIpc) is 3.03. The van der Waals surface area contributed by atoms with Crippen molar-refractivity contribution in [3.05, 3.63) is 66.9 Å². The molecular weight excluding hydrogens is 252 g/mol. The second-order valence-corrected chi connectivity index (χ2v) is 4.17. The standard InChI is InChI=1S/C15H12N4O/c1-3-14(4-2-13(1)15-10-17-11-20-15)19-18-9-12-5-7-16-8-6-12/h1-8,10-11H,9H2. The minimum atomic E-state index is 0.548. The van der Waals surface area contributed by atoms with Gasteiger partial charge in [0, 0.05) is 18.0 Å². The van der Waals surface area contributed by atoms with Gasteiger partial charge in [-0.15, -0.1) is 0 Å². The summed E-state index contributed by atoms with van der Waals surface area (Å²) < 4.78 is 5.23. The van der Waals surface area contributed by atoms with Crippen molar-refractivity contribution in [2.75, 3.05) is 0 Å². The lowest BCUT2D eigenvalue weighted by molar-refractivity contribution is 0.572. The summed E-state index contributed by atoms with van der Waals surface area (Å²) in [5.41, 5.74) is 2.86. The fraction of sp³-hybridized carbons (Fsp3) is 0.0667. The molecule has 0 aliphatic heterocycles. The van der Waals surface area contributed by atoms with Crippen LogP contribution in [0.25, 0.3) is 11.3 Å². The van der Waals surface area contributed by atoms with Crippen LogP contribution in [0.2, 0.25) is 0 Å². The highest BCUT2D eigenvalue weighted by Crippen LogP contribution is 2.22. The molecular formula is C15H12N4O. The van der Waals surface area contributed by atoms with Crippen LogP contribution in [0.3, 0.4) is 0 Å². The minimum absolute atomic E-state index is 0.548. The predicted octanol–water partition coefficient (Wildman–Crippen LogP) is 4.02. The maximum atomic E-state index is 5.23.